The van der Waals surface area contributed by atoms with Crippen LogP contribution in [0.15, 0.2) is 77.7 Å². The van der Waals surface area contributed by atoms with E-state index in [1.807, 2.05) is 24.3 Å². The van der Waals surface area contributed by atoms with Gasteiger partial charge in [-0.2, -0.15) is 0 Å². The van der Waals surface area contributed by atoms with Crippen LogP contribution < -0.4 is 5.56 Å². The van der Waals surface area contributed by atoms with Crippen molar-refractivity contribution in [3.8, 4) is 0 Å². The highest BCUT2D eigenvalue weighted by molar-refractivity contribution is 5.97. The smallest absolute Gasteiger partial charge is 0.265 e. The Hall–Kier alpha value is -3.80. The van der Waals surface area contributed by atoms with Crippen LogP contribution in [0.4, 0.5) is 4.39 Å². The fraction of sp³-hybridized carbons (Fsp3) is 0.160. The highest BCUT2D eigenvalue weighted by Crippen LogP contribution is 2.21. The Bertz CT molecular complexity index is 1360. The summed E-state index contributed by atoms with van der Waals surface area (Å²) in [5.41, 5.74) is 2.74. The lowest BCUT2D eigenvalue weighted by Crippen LogP contribution is -2.40. The van der Waals surface area contributed by atoms with E-state index in [4.69, 9.17) is 0 Å². The van der Waals surface area contributed by atoms with Crippen molar-refractivity contribution in [2.24, 2.45) is 0 Å². The molecule has 0 saturated heterocycles. The van der Waals surface area contributed by atoms with Crippen LogP contribution in [0.1, 0.15) is 27.0 Å². The number of halogens is 1. The second-order valence-corrected chi connectivity index (χ2v) is 7.70. The molecule has 1 aliphatic heterocycles. The first kappa shape index (κ1) is 19.2. The molecule has 1 aliphatic rings. The molecule has 5 nitrogen and oxygen atoms in total. The van der Waals surface area contributed by atoms with Crippen molar-refractivity contribution in [1.82, 2.24) is 14.5 Å². The average molecular weight is 413 g/mol. The lowest BCUT2D eigenvalue weighted by molar-refractivity contribution is 0.0732. The Kier molecular flexibility index (Phi) is 4.82. The molecule has 6 heteroatoms. The maximum absolute atomic E-state index is 14.3. The van der Waals surface area contributed by atoms with Gasteiger partial charge in [0.1, 0.15) is 17.0 Å². The summed E-state index contributed by atoms with van der Waals surface area (Å²) in [6, 6.07) is 19.5. The van der Waals surface area contributed by atoms with Gasteiger partial charge in [-0.3, -0.25) is 14.2 Å². The first-order valence-electron chi connectivity index (χ1n) is 10.2. The van der Waals surface area contributed by atoms with Gasteiger partial charge >= 0.3 is 0 Å². The van der Waals surface area contributed by atoms with Crippen molar-refractivity contribution in [2.75, 3.05) is 6.54 Å². The molecule has 4 aromatic rings. The van der Waals surface area contributed by atoms with Crippen LogP contribution >= 0.6 is 0 Å². The van der Waals surface area contributed by atoms with Crippen molar-refractivity contribution < 1.29 is 9.18 Å². The minimum atomic E-state index is -0.460. The number of carbonyl (C=O) groups excluding carboxylic acids is 1. The lowest BCUT2D eigenvalue weighted by Gasteiger charge is -2.29. The number of aromatic nitrogens is 2. The zero-order valence-electron chi connectivity index (χ0n) is 16.8. The van der Waals surface area contributed by atoms with E-state index in [9.17, 15) is 14.0 Å². The molecule has 0 radical (unpaired) electrons. The van der Waals surface area contributed by atoms with Gasteiger partial charge in [0.05, 0.1) is 6.54 Å². The molecule has 0 N–H and O–H groups in total. The van der Waals surface area contributed by atoms with Crippen molar-refractivity contribution >= 4 is 16.9 Å². The lowest BCUT2D eigenvalue weighted by atomic mass is 9.99. The minimum Gasteiger partial charge on any atom is -0.334 e. The van der Waals surface area contributed by atoms with Gasteiger partial charge in [0.15, 0.2) is 0 Å². The fourth-order valence-corrected chi connectivity index (χ4v) is 4.14. The van der Waals surface area contributed by atoms with Gasteiger partial charge in [-0.1, -0.05) is 42.5 Å². The largest absolute Gasteiger partial charge is 0.334 e. The molecule has 0 unspecified atom stereocenters. The summed E-state index contributed by atoms with van der Waals surface area (Å²) >= 11 is 0. The minimum absolute atomic E-state index is 0.00295. The molecule has 5 rings (SSSR count). The van der Waals surface area contributed by atoms with Crippen LogP contribution in [0.5, 0.6) is 0 Å². The Labute approximate surface area is 178 Å². The predicted octanol–water partition coefficient (Wildman–Crippen LogP) is 3.78. The van der Waals surface area contributed by atoms with Crippen molar-refractivity contribution in [3.63, 3.8) is 0 Å². The van der Waals surface area contributed by atoms with E-state index in [2.05, 4.69) is 11.1 Å². The zero-order chi connectivity index (χ0) is 21.4. The Morgan fingerprint density at radius 3 is 2.61 bits per heavy atom. The predicted molar refractivity (Wildman–Crippen MR) is 116 cm³/mol. The molecular formula is C25H20FN3O2. The summed E-state index contributed by atoms with van der Waals surface area (Å²) in [4.78, 5) is 32.8. The SMILES string of the molecule is O=C(c1cc2cccnc2n(Cc2ccccc2F)c1=O)N1CCc2ccccc2C1. The maximum Gasteiger partial charge on any atom is 0.265 e. The standard InChI is InChI=1S/C25H20FN3O2/c26-22-10-4-3-8-20(22)16-29-23-18(9-5-12-27-23)14-21(25(29)31)24(30)28-13-11-17-6-1-2-7-19(17)15-28/h1-10,12,14H,11,13,15-16H2. The second kappa shape index (κ2) is 7.80. The number of benzene rings is 2. The summed E-state index contributed by atoms with van der Waals surface area (Å²) < 4.78 is 15.7. The molecular weight excluding hydrogens is 393 g/mol. The van der Waals surface area contributed by atoms with E-state index < -0.39 is 11.4 Å². The topological polar surface area (TPSA) is 55.2 Å². The van der Waals surface area contributed by atoms with Crippen molar-refractivity contribution in [2.45, 2.75) is 19.5 Å². The van der Waals surface area contributed by atoms with E-state index in [0.717, 1.165) is 12.0 Å². The van der Waals surface area contributed by atoms with Gasteiger partial charge in [0, 0.05) is 30.2 Å². The highest BCUT2D eigenvalue weighted by atomic mass is 19.1. The molecule has 0 atom stereocenters. The average Bonchev–Trinajstić information content (AvgIpc) is 2.81. The quantitative estimate of drug-likeness (QED) is 0.514. The van der Waals surface area contributed by atoms with Crippen LogP contribution in [-0.4, -0.2) is 26.9 Å². The monoisotopic (exact) mass is 413 g/mol. The van der Waals surface area contributed by atoms with Gasteiger partial charge in [-0.15, -0.1) is 0 Å². The molecule has 2 aromatic heterocycles. The summed E-state index contributed by atoms with van der Waals surface area (Å²) in [5.74, 6) is -0.713. The van der Waals surface area contributed by atoms with Crippen molar-refractivity contribution in [1.29, 1.82) is 0 Å². The van der Waals surface area contributed by atoms with Gasteiger partial charge in [-0.05, 0) is 41.8 Å². The van der Waals surface area contributed by atoms with Gasteiger partial charge in [-0.25, -0.2) is 9.37 Å². The van der Waals surface area contributed by atoms with E-state index in [0.29, 0.717) is 29.7 Å². The molecule has 31 heavy (non-hydrogen) atoms. The number of hydrogen-bond acceptors (Lipinski definition) is 3. The van der Waals surface area contributed by atoms with Gasteiger partial charge < -0.3 is 4.90 Å². The summed E-state index contributed by atoms with van der Waals surface area (Å²) in [6.45, 7) is 1.02. The number of amides is 1. The Morgan fingerprint density at radius 2 is 1.77 bits per heavy atom. The van der Waals surface area contributed by atoms with E-state index in [-0.39, 0.29) is 18.0 Å². The molecule has 0 fully saturated rings. The molecule has 2 aromatic carbocycles. The number of nitrogens with zero attached hydrogens (tertiary/aromatic N) is 3. The van der Waals surface area contributed by atoms with Crippen LogP contribution in [0.25, 0.3) is 11.0 Å². The normalized spacial score (nSPS) is 13.3. The Balaban J connectivity index is 1.58. The number of carbonyl (C=O) groups is 1. The number of rotatable bonds is 3. The molecule has 1 amide bonds. The summed E-state index contributed by atoms with van der Waals surface area (Å²) in [7, 11) is 0. The molecule has 0 aliphatic carbocycles. The first-order chi connectivity index (χ1) is 15.1. The van der Waals surface area contributed by atoms with Crippen LogP contribution in [0.2, 0.25) is 0 Å². The molecule has 0 spiro atoms. The second-order valence-electron chi connectivity index (χ2n) is 7.70. The number of pyridine rings is 2. The zero-order valence-corrected chi connectivity index (χ0v) is 16.8. The summed E-state index contributed by atoms with van der Waals surface area (Å²) in [6.07, 6.45) is 2.34. The van der Waals surface area contributed by atoms with E-state index >= 15 is 0 Å². The van der Waals surface area contributed by atoms with E-state index in [1.54, 1.807) is 41.4 Å². The third-order valence-electron chi connectivity index (χ3n) is 5.78. The number of hydrogen-bond donors (Lipinski definition) is 0. The number of fused-ring (bicyclic) bond motifs is 2. The highest BCUT2D eigenvalue weighted by Gasteiger charge is 2.25. The molecule has 3 heterocycles. The Morgan fingerprint density at radius 1 is 1.00 bits per heavy atom. The first-order valence-corrected chi connectivity index (χ1v) is 10.2. The van der Waals surface area contributed by atoms with Gasteiger partial charge in [0.25, 0.3) is 11.5 Å². The van der Waals surface area contributed by atoms with Crippen LogP contribution in [0.3, 0.4) is 0 Å². The molecule has 154 valence electrons. The van der Waals surface area contributed by atoms with Crippen LogP contribution in [-0.2, 0) is 19.5 Å². The van der Waals surface area contributed by atoms with Crippen molar-refractivity contribution in [3.05, 3.63) is 111 Å². The maximum atomic E-state index is 14.3. The van der Waals surface area contributed by atoms with Crippen LogP contribution in [0, 0.1) is 5.82 Å². The summed E-state index contributed by atoms with van der Waals surface area (Å²) in [5, 5.41) is 0.666. The van der Waals surface area contributed by atoms with E-state index in [1.165, 1.54) is 16.2 Å². The fourth-order valence-electron chi connectivity index (χ4n) is 4.14. The molecule has 0 bridgehead atoms. The third kappa shape index (κ3) is 3.50. The third-order valence-corrected chi connectivity index (χ3v) is 5.78. The molecule has 0 saturated carbocycles. The van der Waals surface area contributed by atoms with Gasteiger partial charge in [0.2, 0.25) is 0 Å².